The lowest BCUT2D eigenvalue weighted by molar-refractivity contribution is 0.428. The van der Waals surface area contributed by atoms with Crippen LogP contribution in [0.3, 0.4) is 0 Å². The van der Waals surface area contributed by atoms with Crippen LogP contribution in [0.5, 0.6) is 0 Å². The standard InChI is InChI=1S/C12H20/c1-8-7-12(5,6)11(4)10(3)9(8)2/h7H2,1-6H3. The summed E-state index contributed by atoms with van der Waals surface area (Å²) in [7, 11) is 0. The lowest BCUT2D eigenvalue weighted by Crippen LogP contribution is -2.19. The number of rotatable bonds is 0. The zero-order valence-corrected chi connectivity index (χ0v) is 9.21. The van der Waals surface area contributed by atoms with Crippen molar-refractivity contribution in [2.75, 3.05) is 0 Å². The molecule has 0 fully saturated rings. The lowest BCUT2D eigenvalue weighted by atomic mass is 9.71. The molecule has 0 amide bonds. The summed E-state index contributed by atoms with van der Waals surface area (Å²) < 4.78 is 0. The maximum Gasteiger partial charge on any atom is -0.0104 e. The topological polar surface area (TPSA) is 0 Å². The Bertz CT molecular complexity index is 262. The van der Waals surface area contributed by atoms with Gasteiger partial charge in [0.15, 0.2) is 0 Å². The fourth-order valence-corrected chi connectivity index (χ4v) is 2.04. The molecule has 0 heterocycles. The highest BCUT2D eigenvalue weighted by atomic mass is 14.3. The van der Waals surface area contributed by atoms with Crippen LogP contribution in [0.2, 0.25) is 0 Å². The predicted molar refractivity (Wildman–Crippen MR) is 55.1 cm³/mol. The second-order valence-corrected chi connectivity index (χ2v) is 4.72. The molecule has 1 aliphatic carbocycles. The largest absolute Gasteiger partial charge is 0.0693 e. The van der Waals surface area contributed by atoms with Crippen molar-refractivity contribution in [1.29, 1.82) is 0 Å². The molecule has 1 rings (SSSR count). The highest BCUT2D eigenvalue weighted by Crippen LogP contribution is 2.42. The van der Waals surface area contributed by atoms with Crippen molar-refractivity contribution in [2.45, 2.75) is 48.0 Å². The van der Waals surface area contributed by atoms with E-state index in [1.807, 2.05) is 0 Å². The molecule has 12 heavy (non-hydrogen) atoms. The van der Waals surface area contributed by atoms with Gasteiger partial charge in [-0.05, 0) is 50.7 Å². The van der Waals surface area contributed by atoms with E-state index in [-0.39, 0.29) is 0 Å². The molecule has 0 nitrogen and oxygen atoms in total. The fraction of sp³-hybridized carbons (Fsp3) is 0.667. The predicted octanol–water partition coefficient (Wildman–Crippen LogP) is 4.09. The molecule has 1 aliphatic rings. The molecule has 0 unspecified atom stereocenters. The number of allylic oxidation sites excluding steroid dienone is 4. The van der Waals surface area contributed by atoms with Crippen LogP contribution in [0, 0.1) is 5.41 Å². The molecular formula is C12H20. The van der Waals surface area contributed by atoms with Gasteiger partial charge in [-0.2, -0.15) is 0 Å². The first-order valence-corrected chi connectivity index (χ1v) is 4.71. The lowest BCUT2D eigenvalue weighted by Gasteiger charge is -2.34. The minimum atomic E-state index is 0.383. The molecule has 0 atom stereocenters. The van der Waals surface area contributed by atoms with Gasteiger partial charge in [-0.15, -0.1) is 0 Å². The number of hydrogen-bond donors (Lipinski definition) is 0. The number of hydrogen-bond acceptors (Lipinski definition) is 0. The first kappa shape index (κ1) is 9.57. The van der Waals surface area contributed by atoms with Crippen LogP contribution in [-0.4, -0.2) is 0 Å². The third-order valence-electron chi connectivity index (χ3n) is 3.49. The third kappa shape index (κ3) is 1.35. The molecule has 0 aromatic rings. The summed E-state index contributed by atoms with van der Waals surface area (Å²) in [5, 5.41) is 0. The van der Waals surface area contributed by atoms with E-state index in [2.05, 4.69) is 41.5 Å². The van der Waals surface area contributed by atoms with E-state index < -0.39 is 0 Å². The molecule has 0 aliphatic heterocycles. The highest BCUT2D eigenvalue weighted by molar-refractivity contribution is 5.41. The van der Waals surface area contributed by atoms with Crippen LogP contribution in [0.25, 0.3) is 0 Å². The Balaban J connectivity index is 3.20. The van der Waals surface area contributed by atoms with Crippen molar-refractivity contribution in [3.8, 4) is 0 Å². The van der Waals surface area contributed by atoms with Gasteiger partial charge in [0.25, 0.3) is 0 Å². The Morgan fingerprint density at radius 3 is 1.92 bits per heavy atom. The van der Waals surface area contributed by atoms with Crippen LogP contribution >= 0.6 is 0 Å². The molecule has 0 heteroatoms. The van der Waals surface area contributed by atoms with Crippen LogP contribution in [0.1, 0.15) is 48.0 Å². The summed E-state index contributed by atoms with van der Waals surface area (Å²) in [5.41, 5.74) is 6.51. The average molecular weight is 164 g/mol. The Morgan fingerprint density at radius 1 is 0.917 bits per heavy atom. The van der Waals surface area contributed by atoms with Gasteiger partial charge in [-0.3, -0.25) is 0 Å². The van der Waals surface area contributed by atoms with Gasteiger partial charge >= 0.3 is 0 Å². The third-order valence-corrected chi connectivity index (χ3v) is 3.49. The molecule has 0 aromatic heterocycles. The van der Waals surface area contributed by atoms with Gasteiger partial charge in [-0.1, -0.05) is 25.0 Å². The minimum absolute atomic E-state index is 0.383. The SMILES string of the molecule is CC1=C(C)C(C)=C(C)C(C)(C)C1. The maximum absolute atomic E-state index is 2.34. The van der Waals surface area contributed by atoms with Gasteiger partial charge in [0, 0.05) is 0 Å². The Morgan fingerprint density at radius 2 is 1.42 bits per heavy atom. The van der Waals surface area contributed by atoms with E-state index in [1.54, 1.807) is 11.1 Å². The monoisotopic (exact) mass is 164 g/mol. The van der Waals surface area contributed by atoms with Crippen molar-refractivity contribution in [3.05, 3.63) is 22.3 Å². The summed E-state index contributed by atoms with van der Waals surface area (Å²) in [5.74, 6) is 0. The van der Waals surface area contributed by atoms with Crippen LogP contribution in [-0.2, 0) is 0 Å². The molecule has 68 valence electrons. The van der Waals surface area contributed by atoms with E-state index in [4.69, 9.17) is 0 Å². The van der Waals surface area contributed by atoms with Crippen molar-refractivity contribution < 1.29 is 0 Å². The second kappa shape index (κ2) is 2.76. The summed E-state index contributed by atoms with van der Waals surface area (Å²) >= 11 is 0. The Hall–Kier alpha value is -0.520. The minimum Gasteiger partial charge on any atom is -0.0693 e. The van der Waals surface area contributed by atoms with Gasteiger partial charge in [0.2, 0.25) is 0 Å². The summed E-state index contributed by atoms with van der Waals surface area (Å²) in [6, 6.07) is 0. The van der Waals surface area contributed by atoms with Crippen LogP contribution in [0.4, 0.5) is 0 Å². The van der Waals surface area contributed by atoms with E-state index in [1.165, 1.54) is 17.6 Å². The quantitative estimate of drug-likeness (QED) is 0.506. The Kier molecular flexibility index (Phi) is 2.20. The first-order chi connectivity index (χ1) is 5.36. The van der Waals surface area contributed by atoms with Crippen molar-refractivity contribution >= 4 is 0 Å². The fourth-order valence-electron chi connectivity index (χ4n) is 2.04. The zero-order chi connectivity index (χ0) is 9.52. The molecule has 0 aromatic carbocycles. The van der Waals surface area contributed by atoms with Crippen LogP contribution in [0.15, 0.2) is 22.3 Å². The van der Waals surface area contributed by atoms with Crippen molar-refractivity contribution in [1.82, 2.24) is 0 Å². The normalized spacial score (nSPS) is 23.5. The van der Waals surface area contributed by atoms with Gasteiger partial charge < -0.3 is 0 Å². The highest BCUT2D eigenvalue weighted by Gasteiger charge is 2.27. The molecule has 0 radical (unpaired) electrons. The van der Waals surface area contributed by atoms with Crippen molar-refractivity contribution in [3.63, 3.8) is 0 Å². The summed E-state index contributed by atoms with van der Waals surface area (Å²) in [6.45, 7) is 13.7. The molecule has 0 saturated carbocycles. The van der Waals surface area contributed by atoms with Crippen molar-refractivity contribution in [2.24, 2.45) is 5.41 Å². The molecule has 0 bridgehead atoms. The molecule has 0 saturated heterocycles. The second-order valence-electron chi connectivity index (χ2n) is 4.72. The van der Waals surface area contributed by atoms with Gasteiger partial charge in [0.1, 0.15) is 0 Å². The first-order valence-electron chi connectivity index (χ1n) is 4.71. The summed E-state index contributed by atoms with van der Waals surface area (Å²) in [6.07, 6.45) is 1.22. The molecular weight excluding hydrogens is 144 g/mol. The van der Waals surface area contributed by atoms with Gasteiger partial charge in [-0.25, -0.2) is 0 Å². The van der Waals surface area contributed by atoms with E-state index >= 15 is 0 Å². The molecule has 0 spiro atoms. The van der Waals surface area contributed by atoms with Crippen LogP contribution < -0.4 is 0 Å². The van der Waals surface area contributed by atoms with E-state index in [0.717, 1.165) is 0 Å². The Labute approximate surface area is 76.4 Å². The molecule has 0 N–H and O–H groups in total. The maximum atomic E-state index is 2.34. The smallest absolute Gasteiger partial charge is 0.0104 e. The zero-order valence-electron chi connectivity index (χ0n) is 9.21. The van der Waals surface area contributed by atoms with Gasteiger partial charge in [0.05, 0.1) is 0 Å². The van der Waals surface area contributed by atoms with E-state index in [9.17, 15) is 0 Å². The average Bonchev–Trinajstić information content (AvgIpc) is 1.97. The summed E-state index contributed by atoms with van der Waals surface area (Å²) in [4.78, 5) is 0. The van der Waals surface area contributed by atoms with E-state index in [0.29, 0.717) is 5.41 Å².